The molecule has 1 atom stereocenters. The van der Waals surface area contributed by atoms with Crippen molar-refractivity contribution in [2.75, 3.05) is 13.1 Å². The summed E-state index contributed by atoms with van der Waals surface area (Å²) < 4.78 is 0. The fourth-order valence-corrected chi connectivity index (χ4v) is 2.60. The van der Waals surface area contributed by atoms with Gasteiger partial charge in [-0.25, -0.2) is 0 Å². The monoisotopic (exact) mass is 194 g/mol. The van der Waals surface area contributed by atoms with Crippen LogP contribution in [0.25, 0.3) is 0 Å². The van der Waals surface area contributed by atoms with Gasteiger partial charge in [-0.3, -0.25) is 4.98 Å². The summed E-state index contributed by atoms with van der Waals surface area (Å²) >= 11 is 2.05. The molecule has 1 N–H and O–H groups in total. The van der Waals surface area contributed by atoms with Gasteiger partial charge in [0, 0.05) is 29.9 Å². The smallest absolute Gasteiger partial charge is 0.0270 e. The van der Waals surface area contributed by atoms with E-state index in [-0.39, 0.29) is 0 Å². The molecular formula is C10H14N2S. The van der Waals surface area contributed by atoms with Crippen LogP contribution >= 0.6 is 11.8 Å². The minimum atomic E-state index is 0.813. The molecule has 1 aromatic rings. The first-order chi connectivity index (χ1) is 6.45. The van der Waals surface area contributed by atoms with E-state index in [1.165, 1.54) is 25.1 Å². The zero-order chi connectivity index (χ0) is 8.93. The molecule has 0 radical (unpaired) electrons. The molecule has 1 aliphatic rings. The first-order valence-corrected chi connectivity index (χ1v) is 5.71. The second kappa shape index (κ2) is 4.63. The number of hydrogen-bond acceptors (Lipinski definition) is 3. The predicted octanol–water partition coefficient (Wildman–Crippen LogP) is 1.68. The average Bonchev–Trinajstić information content (AvgIpc) is 2.69. The molecule has 1 fully saturated rings. The van der Waals surface area contributed by atoms with Gasteiger partial charge in [0.15, 0.2) is 0 Å². The van der Waals surface area contributed by atoms with Gasteiger partial charge >= 0.3 is 0 Å². The summed E-state index contributed by atoms with van der Waals surface area (Å²) in [5, 5.41) is 4.19. The maximum Gasteiger partial charge on any atom is 0.0270 e. The van der Waals surface area contributed by atoms with Crippen LogP contribution in [0.5, 0.6) is 0 Å². The first-order valence-electron chi connectivity index (χ1n) is 4.66. The molecule has 0 unspecified atom stereocenters. The predicted molar refractivity (Wildman–Crippen MR) is 56.8 cm³/mol. The van der Waals surface area contributed by atoms with Gasteiger partial charge in [0.1, 0.15) is 0 Å². The quantitative estimate of drug-likeness (QED) is 0.792. The van der Waals surface area contributed by atoms with Crippen molar-refractivity contribution in [1.82, 2.24) is 10.3 Å². The van der Waals surface area contributed by atoms with Crippen molar-refractivity contribution in [3.63, 3.8) is 0 Å². The molecule has 1 aliphatic heterocycles. The lowest BCUT2D eigenvalue weighted by Crippen LogP contribution is -2.10. The molecule has 2 rings (SSSR count). The number of nitrogens with zero attached hydrogens (tertiary/aromatic N) is 1. The molecule has 2 nitrogen and oxygen atoms in total. The van der Waals surface area contributed by atoms with E-state index in [2.05, 4.69) is 22.4 Å². The molecule has 0 aromatic carbocycles. The van der Waals surface area contributed by atoms with Crippen LogP contribution < -0.4 is 5.32 Å². The third-order valence-corrected chi connectivity index (χ3v) is 3.62. The highest BCUT2D eigenvalue weighted by Gasteiger charge is 2.14. The fraction of sp³-hybridized carbons (Fsp3) is 0.500. The number of rotatable bonds is 3. The van der Waals surface area contributed by atoms with Crippen molar-refractivity contribution in [3.05, 3.63) is 30.1 Å². The van der Waals surface area contributed by atoms with E-state index < -0.39 is 0 Å². The van der Waals surface area contributed by atoms with E-state index in [4.69, 9.17) is 0 Å². The van der Waals surface area contributed by atoms with Crippen LogP contribution in [-0.4, -0.2) is 23.3 Å². The van der Waals surface area contributed by atoms with Gasteiger partial charge in [0.05, 0.1) is 0 Å². The lowest BCUT2D eigenvalue weighted by atomic mass is 10.3. The van der Waals surface area contributed by atoms with Gasteiger partial charge in [-0.1, -0.05) is 0 Å². The van der Waals surface area contributed by atoms with Gasteiger partial charge in [-0.05, 0) is 30.7 Å². The van der Waals surface area contributed by atoms with E-state index in [1.54, 1.807) is 0 Å². The second-order valence-electron chi connectivity index (χ2n) is 3.28. The number of thioether (sulfide) groups is 1. The molecule has 1 saturated heterocycles. The number of pyridine rings is 1. The molecular weight excluding hydrogens is 180 g/mol. The van der Waals surface area contributed by atoms with Gasteiger partial charge in [-0.15, -0.1) is 0 Å². The largest absolute Gasteiger partial charge is 0.316 e. The van der Waals surface area contributed by atoms with Crippen molar-refractivity contribution in [2.45, 2.75) is 17.4 Å². The van der Waals surface area contributed by atoms with Crippen molar-refractivity contribution in [1.29, 1.82) is 0 Å². The van der Waals surface area contributed by atoms with Gasteiger partial charge in [0.25, 0.3) is 0 Å². The van der Waals surface area contributed by atoms with Crippen LogP contribution in [0.15, 0.2) is 24.5 Å². The normalized spacial score (nSPS) is 22.0. The minimum absolute atomic E-state index is 0.813. The molecule has 2 heterocycles. The van der Waals surface area contributed by atoms with Crippen LogP contribution in [0, 0.1) is 0 Å². The zero-order valence-electron chi connectivity index (χ0n) is 7.57. The highest BCUT2D eigenvalue weighted by atomic mass is 32.2. The fourth-order valence-electron chi connectivity index (χ4n) is 1.46. The highest BCUT2D eigenvalue weighted by Crippen LogP contribution is 2.21. The number of nitrogens with one attached hydrogen (secondary N) is 1. The van der Waals surface area contributed by atoms with Crippen LogP contribution in [0.4, 0.5) is 0 Å². The second-order valence-corrected chi connectivity index (χ2v) is 4.57. The Bertz CT molecular complexity index is 244. The molecule has 0 bridgehead atoms. The summed E-state index contributed by atoms with van der Waals surface area (Å²) in [6.07, 6.45) is 5.04. The summed E-state index contributed by atoms with van der Waals surface area (Å²) in [5.41, 5.74) is 1.38. The molecule has 0 spiro atoms. The Morgan fingerprint density at radius 2 is 2.31 bits per heavy atom. The van der Waals surface area contributed by atoms with Crippen molar-refractivity contribution in [3.8, 4) is 0 Å². The molecule has 0 amide bonds. The molecule has 3 heteroatoms. The molecule has 1 aromatic heterocycles. The van der Waals surface area contributed by atoms with Gasteiger partial charge in [-0.2, -0.15) is 11.8 Å². The summed E-state index contributed by atoms with van der Waals surface area (Å²) in [7, 11) is 0. The van der Waals surface area contributed by atoms with Crippen molar-refractivity contribution in [2.24, 2.45) is 0 Å². The third kappa shape index (κ3) is 2.71. The summed E-state index contributed by atoms with van der Waals surface area (Å²) in [5.74, 6) is 1.12. The standard InChI is InChI=1S/C10H14N2S/c1-4-11-5-2-9(1)8-13-10-3-6-12-7-10/h1-2,4-5,10,12H,3,6-8H2/t10-/m1/s1. The maximum atomic E-state index is 4.00. The van der Waals surface area contributed by atoms with E-state index in [0.717, 1.165) is 11.0 Å². The Kier molecular flexibility index (Phi) is 3.22. The molecule has 13 heavy (non-hydrogen) atoms. The Hall–Kier alpha value is -0.540. The number of aromatic nitrogens is 1. The van der Waals surface area contributed by atoms with E-state index in [1.807, 2.05) is 24.2 Å². The molecule has 70 valence electrons. The van der Waals surface area contributed by atoms with E-state index >= 15 is 0 Å². The SMILES string of the molecule is c1cc(CS[C@@H]2CCNC2)ccn1. The Labute approximate surface area is 83.1 Å². The van der Waals surface area contributed by atoms with Crippen LogP contribution in [-0.2, 0) is 5.75 Å². The summed E-state index contributed by atoms with van der Waals surface area (Å²) in [6.45, 7) is 2.36. The lowest BCUT2D eigenvalue weighted by Gasteiger charge is -2.06. The van der Waals surface area contributed by atoms with Crippen LogP contribution in [0.1, 0.15) is 12.0 Å². The van der Waals surface area contributed by atoms with E-state index in [0.29, 0.717) is 0 Å². The molecule has 0 aliphatic carbocycles. The van der Waals surface area contributed by atoms with Crippen LogP contribution in [0.2, 0.25) is 0 Å². The third-order valence-electron chi connectivity index (χ3n) is 2.25. The summed E-state index contributed by atoms with van der Waals surface area (Å²) in [6, 6.07) is 4.19. The van der Waals surface area contributed by atoms with Gasteiger partial charge < -0.3 is 5.32 Å². The maximum absolute atomic E-state index is 4.00. The van der Waals surface area contributed by atoms with Crippen LogP contribution in [0.3, 0.4) is 0 Å². The van der Waals surface area contributed by atoms with Crippen molar-refractivity contribution < 1.29 is 0 Å². The lowest BCUT2D eigenvalue weighted by molar-refractivity contribution is 0.858. The minimum Gasteiger partial charge on any atom is -0.316 e. The Morgan fingerprint density at radius 3 is 3.00 bits per heavy atom. The topological polar surface area (TPSA) is 24.9 Å². The first kappa shape index (κ1) is 9.03. The highest BCUT2D eigenvalue weighted by molar-refractivity contribution is 7.99. The average molecular weight is 194 g/mol. The molecule has 0 saturated carbocycles. The van der Waals surface area contributed by atoms with Gasteiger partial charge in [0.2, 0.25) is 0 Å². The summed E-state index contributed by atoms with van der Waals surface area (Å²) in [4.78, 5) is 4.00. The van der Waals surface area contributed by atoms with Crippen molar-refractivity contribution >= 4 is 11.8 Å². The Morgan fingerprint density at radius 1 is 1.46 bits per heavy atom. The zero-order valence-corrected chi connectivity index (χ0v) is 8.39. The Balaban J connectivity index is 1.79. The van der Waals surface area contributed by atoms with E-state index in [9.17, 15) is 0 Å². The number of hydrogen-bond donors (Lipinski definition) is 1.